The van der Waals surface area contributed by atoms with Gasteiger partial charge in [-0.05, 0) is 66.9 Å². The summed E-state index contributed by atoms with van der Waals surface area (Å²) in [6.45, 7) is 8.79. The predicted octanol–water partition coefficient (Wildman–Crippen LogP) is 4.69. The minimum atomic E-state index is 0.790. The van der Waals surface area contributed by atoms with Crippen LogP contribution in [-0.2, 0) is 26.1 Å². The summed E-state index contributed by atoms with van der Waals surface area (Å²) < 4.78 is 0. The van der Waals surface area contributed by atoms with Gasteiger partial charge in [-0.2, -0.15) is 0 Å². The van der Waals surface area contributed by atoms with Gasteiger partial charge in [0.1, 0.15) is 0 Å². The number of benzene rings is 2. The van der Waals surface area contributed by atoms with Gasteiger partial charge in [0.2, 0.25) is 0 Å². The second kappa shape index (κ2) is 9.15. The monoisotopic (exact) mass is 417 g/mol. The van der Waals surface area contributed by atoms with Crippen LogP contribution in [0.4, 0.5) is 0 Å². The molecule has 0 radical (unpaired) electrons. The second-order valence-electron chi connectivity index (χ2n) is 8.24. The molecule has 0 amide bonds. The fourth-order valence-corrected chi connectivity index (χ4v) is 4.72. The molecule has 2 aliphatic heterocycles. The van der Waals surface area contributed by atoms with Gasteiger partial charge < -0.3 is 9.80 Å². The topological polar surface area (TPSA) is 9.72 Å². The lowest BCUT2D eigenvalue weighted by Gasteiger charge is -2.32. The van der Waals surface area contributed by atoms with E-state index < -0.39 is 0 Å². The second-order valence-corrected chi connectivity index (χ2v) is 9.08. The molecule has 0 bridgehead atoms. The fourth-order valence-electron chi connectivity index (χ4n) is 4.28. The van der Waals surface area contributed by atoms with E-state index in [1.54, 1.807) is 0 Å². The van der Waals surface area contributed by atoms with Crippen molar-refractivity contribution in [3.05, 3.63) is 68.7 Å². The van der Waals surface area contributed by atoms with Gasteiger partial charge in [0.25, 0.3) is 0 Å². The molecule has 28 heavy (non-hydrogen) atoms. The summed E-state index contributed by atoms with van der Waals surface area (Å²) in [6, 6.07) is 12.7. The van der Waals surface area contributed by atoms with Crippen LogP contribution in [0.15, 0.2) is 36.4 Å². The maximum Gasteiger partial charge on any atom is 0.0457 e. The van der Waals surface area contributed by atoms with E-state index in [4.69, 9.17) is 23.2 Å². The highest BCUT2D eigenvalue weighted by Gasteiger charge is 2.22. The van der Waals surface area contributed by atoms with E-state index in [-0.39, 0.29) is 0 Å². The molecule has 3 nitrogen and oxygen atoms in total. The maximum absolute atomic E-state index is 6.65. The molecule has 150 valence electrons. The van der Waals surface area contributed by atoms with E-state index in [1.807, 2.05) is 12.1 Å². The molecule has 5 heteroatoms. The Hall–Kier alpha value is -1.10. The highest BCUT2D eigenvalue weighted by molar-refractivity contribution is 6.31. The summed E-state index contributed by atoms with van der Waals surface area (Å²) in [6.07, 6.45) is 2.31. The molecule has 2 aromatic carbocycles. The number of halogens is 2. The normalized spacial score (nSPS) is 18.5. The third-order valence-corrected chi connectivity index (χ3v) is 6.57. The van der Waals surface area contributed by atoms with Gasteiger partial charge in [-0.1, -0.05) is 41.4 Å². The number of hydrogen-bond donors (Lipinski definition) is 0. The number of fused-ring (bicyclic) bond motifs is 1. The number of likely N-dealkylation sites (N-methyl/N-ethyl adjacent to an activating group) is 1. The number of rotatable bonds is 6. The van der Waals surface area contributed by atoms with E-state index in [0.717, 1.165) is 36.1 Å². The Morgan fingerprint density at radius 2 is 1.61 bits per heavy atom. The molecular formula is C23H29Cl2N3. The molecule has 0 aliphatic carbocycles. The minimum absolute atomic E-state index is 0.790. The Morgan fingerprint density at radius 3 is 2.36 bits per heavy atom. The molecule has 4 rings (SSSR count). The molecule has 0 N–H and O–H groups in total. The quantitative estimate of drug-likeness (QED) is 0.674. The van der Waals surface area contributed by atoms with Crippen LogP contribution in [0.3, 0.4) is 0 Å². The summed E-state index contributed by atoms with van der Waals surface area (Å²) in [5.74, 6) is 0. The summed E-state index contributed by atoms with van der Waals surface area (Å²) in [7, 11) is 2.21. The maximum atomic E-state index is 6.65. The zero-order valence-electron chi connectivity index (χ0n) is 16.6. The van der Waals surface area contributed by atoms with Crippen LogP contribution in [0.5, 0.6) is 0 Å². The zero-order valence-corrected chi connectivity index (χ0v) is 18.1. The van der Waals surface area contributed by atoms with Crippen molar-refractivity contribution in [2.45, 2.75) is 32.5 Å². The Bertz CT molecular complexity index is 798. The largest absolute Gasteiger partial charge is 0.304 e. The number of nitrogens with zero attached hydrogens (tertiary/aromatic N) is 3. The Labute approximate surface area is 178 Å². The highest BCUT2D eigenvalue weighted by Crippen LogP contribution is 2.32. The summed E-state index contributed by atoms with van der Waals surface area (Å²) in [5.41, 5.74) is 5.38. The van der Waals surface area contributed by atoms with Crippen molar-refractivity contribution in [3.63, 3.8) is 0 Å². The molecule has 0 spiro atoms. The molecule has 2 heterocycles. The highest BCUT2D eigenvalue weighted by atomic mass is 35.5. The molecule has 0 atom stereocenters. The lowest BCUT2D eigenvalue weighted by Crippen LogP contribution is -2.44. The van der Waals surface area contributed by atoms with Gasteiger partial charge >= 0.3 is 0 Å². The van der Waals surface area contributed by atoms with E-state index in [1.165, 1.54) is 61.4 Å². The van der Waals surface area contributed by atoms with Crippen molar-refractivity contribution in [3.8, 4) is 0 Å². The van der Waals surface area contributed by atoms with Crippen molar-refractivity contribution >= 4 is 23.2 Å². The standard InChI is InChI=1S/C23H29Cl2N3/c1-26-9-11-27(12-10-26)8-2-3-19-13-20-16-28(17-22(20)23(25)14-19)15-18-4-6-21(24)7-5-18/h4-7,13-14H,2-3,8-12,15-17H2,1H3. The summed E-state index contributed by atoms with van der Waals surface area (Å²) in [4.78, 5) is 7.45. The lowest BCUT2D eigenvalue weighted by atomic mass is 10.0. The van der Waals surface area contributed by atoms with Crippen LogP contribution < -0.4 is 0 Å². The molecule has 1 saturated heterocycles. The summed E-state index contributed by atoms with van der Waals surface area (Å²) in [5, 5.41) is 1.73. The van der Waals surface area contributed by atoms with Crippen molar-refractivity contribution in [2.75, 3.05) is 39.8 Å². The van der Waals surface area contributed by atoms with Gasteiger partial charge in [-0.25, -0.2) is 0 Å². The van der Waals surface area contributed by atoms with E-state index >= 15 is 0 Å². The van der Waals surface area contributed by atoms with E-state index in [0.29, 0.717) is 0 Å². The molecule has 2 aromatic rings. The molecular weight excluding hydrogens is 389 g/mol. The smallest absolute Gasteiger partial charge is 0.0457 e. The first kappa shape index (κ1) is 20.2. The first-order chi connectivity index (χ1) is 13.6. The van der Waals surface area contributed by atoms with Gasteiger partial charge in [0.15, 0.2) is 0 Å². The first-order valence-electron chi connectivity index (χ1n) is 10.2. The van der Waals surface area contributed by atoms with Gasteiger partial charge in [0, 0.05) is 55.9 Å². The van der Waals surface area contributed by atoms with Crippen molar-refractivity contribution in [1.82, 2.24) is 14.7 Å². The number of aryl methyl sites for hydroxylation is 1. The van der Waals surface area contributed by atoms with Crippen LogP contribution in [0.2, 0.25) is 10.0 Å². The summed E-state index contributed by atoms with van der Waals surface area (Å²) >= 11 is 12.6. The number of piperazine rings is 1. The van der Waals surface area contributed by atoms with Crippen molar-refractivity contribution in [2.24, 2.45) is 0 Å². The molecule has 0 aromatic heterocycles. The Kier molecular flexibility index (Phi) is 6.59. The molecule has 2 aliphatic rings. The van der Waals surface area contributed by atoms with E-state index in [9.17, 15) is 0 Å². The van der Waals surface area contributed by atoms with Crippen LogP contribution in [0.25, 0.3) is 0 Å². The van der Waals surface area contributed by atoms with Gasteiger partial charge in [-0.15, -0.1) is 0 Å². The Morgan fingerprint density at radius 1 is 0.857 bits per heavy atom. The third-order valence-electron chi connectivity index (χ3n) is 5.98. The number of hydrogen-bond acceptors (Lipinski definition) is 3. The van der Waals surface area contributed by atoms with Crippen LogP contribution >= 0.6 is 23.2 Å². The lowest BCUT2D eigenvalue weighted by molar-refractivity contribution is 0.153. The fraction of sp³-hybridized carbons (Fsp3) is 0.478. The molecule has 0 saturated carbocycles. The van der Waals surface area contributed by atoms with Gasteiger partial charge in [-0.3, -0.25) is 4.90 Å². The predicted molar refractivity (Wildman–Crippen MR) is 118 cm³/mol. The van der Waals surface area contributed by atoms with Crippen molar-refractivity contribution in [1.29, 1.82) is 0 Å². The average Bonchev–Trinajstić information content (AvgIpc) is 3.08. The minimum Gasteiger partial charge on any atom is -0.304 e. The molecule has 0 unspecified atom stereocenters. The van der Waals surface area contributed by atoms with Crippen LogP contribution in [0, 0.1) is 0 Å². The van der Waals surface area contributed by atoms with Crippen LogP contribution in [0.1, 0.15) is 28.7 Å². The van der Waals surface area contributed by atoms with Crippen molar-refractivity contribution < 1.29 is 0 Å². The SMILES string of the molecule is CN1CCN(CCCc2cc(Cl)c3c(c2)CN(Cc2ccc(Cl)cc2)C3)CC1. The van der Waals surface area contributed by atoms with Gasteiger partial charge in [0.05, 0.1) is 0 Å². The first-order valence-corrected chi connectivity index (χ1v) is 11.0. The van der Waals surface area contributed by atoms with Crippen LogP contribution in [-0.4, -0.2) is 54.5 Å². The average molecular weight is 418 g/mol. The third kappa shape index (κ3) is 5.08. The van der Waals surface area contributed by atoms with E-state index in [2.05, 4.69) is 46.0 Å². The zero-order chi connectivity index (χ0) is 19.5. The molecule has 1 fully saturated rings. The Balaban J connectivity index is 1.32.